The van der Waals surface area contributed by atoms with Gasteiger partial charge in [0.25, 0.3) is 5.91 Å². The fraction of sp³-hybridized carbons (Fsp3) is 0.385. The third-order valence-corrected chi connectivity index (χ3v) is 2.72. The van der Waals surface area contributed by atoms with Crippen LogP contribution in [0.25, 0.3) is 0 Å². The Morgan fingerprint density at radius 2 is 2.05 bits per heavy atom. The number of nitrogens with zero attached hydrogens (tertiary/aromatic N) is 4. The molecule has 0 bridgehead atoms. The van der Waals surface area contributed by atoms with Crippen LogP contribution in [0.2, 0.25) is 0 Å². The Bertz CT molecular complexity index is 535. The van der Waals surface area contributed by atoms with Crippen LogP contribution in [0.4, 0.5) is 0 Å². The predicted octanol–water partition coefficient (Wildman–Crippen LogP) is 1.23. The first-order valence-electron chi connectivity index (χ1n) is 6.28. The number of carbonyl (C=O) groups is 1. The van der Waals surface area contributed by atoms with Crippen molar-refractivity contribution >= 4 is 5.91 Å². The van der Waals surface area contributed by atoms with Crippen LogP contribution < -0.4 is 5.32 Å². The molecule has 0 spiro atoms. The van der Waals surface area contributed by atoms with Crippen molar-refractivity contribution < 1.29 is 4.79 Å². The summed E-state index contributed by atoms with van der Waals surface area (Å²) in [5.74, 6) is 0.701. The number of nitrogens with one attached hydrogen (secondary N) is 1. The fourth-order valence-corrected chi connectivity index (χ4v) is 1.76. The number of rotatable bonds is 5. The molecule has 0 saturated heterocycles. The number of hydrogen-bond donors (Lipinski definition) is 1. The van der Waals surface area contributed by atoms with Crippen LogP contribution >= 0.6 is 0 Å². The molecule has 0 fully saturated rings. The Hall–Kier alpha value is -2.24. The minimum Gasteiger partial charge on any atom is -0.352 e. The van der Waals surface area contributed by atoms with Crippen LogP contribution in [0.3, 0.4) is 0 Å². The van der Waals surface area contributed by atoms with Gasteiger partial charge in [0.15, 0.2) is 5.82 Å². The average molecular weight is 259 g/mol. The van der Waals surface area contributed by atoms with E-state index >= 15 is 0 Å². The highest BCUT2D eigenvalue weighted by atomic mass is 16.1. The van der Waals surface area contributed by atoms with Crippen LogP contribution in [0.15, 0.2) is 30.3 Å². The summed E-state index contributed by atoms with van der Waals surface area (Å²) in [6.07, 6.45) is 0.615. The van der Waals surface area contributed by atoms with Crippen molar-refractivity contribution in [1.29, 1.82) is 0 Å². The van der Waals surface area contributed by atoms with Gasteiger partial charge in [-0.15, -0.1) is 5.10 Å². The summed E-state index contributed by atoms with van der Waals surface area (Å²) in [5, 5.41) is 14.4. The van der Waals surface area contributed by atoms with Gasteiger partial charge in [0.1, 0.15) is 0 Å². The summed E-state index contributed by atoms with van der Waals surface area (Å²) in [6.45, 7) is 4.55. The molecule has 2 aromatic rings. The molecule has 0 aliphatic rings. The molecule has 100 valence electrons. The summed E-state index contributed by atoms with van der Waals surface area (Å²) < 4.78 is 1.76. The molecular weight excluding hydrogens is 242 g/mol. The third-order valence-electron chi connectivity index (χ3n) is 2.72. The van der Waals surface area contributed by atoms with E-state index in [4.69, 9.17) is 0 Å². The highest BCUT2D eigenvalue weighted by Gasteiger charge is 2.09. The fourth-order valence-electron chi connectivity index (χ4n) is 1.76. The minimum atomic E-state index is -0.0795. The predicted molar refractivity (Wildman–Crippen MR) is 70.7 cm³/mol. The molecule has 1 aromatic heterocycles. The standard InChI is InChI=1S/C13H17N5O/c1-10(2)18-12(15-16-17-18)8-9-14-13(19)11-6-4-3-5-7-11/h3-7,10H,8-9H2,1-2H3,(H,14,19). The second-order valence-electron chi connectivity index (χ2n) is 4.51. The number of carbonyl (C=O) groups excluding carboxylic acids is 1. The molecule has 6 heteroatoms. The Morgan fingerprint density at radius 1 is 1.32 bits per heavy atom. The van der Waals surface area contributed by atoms with Gasteiger partial charge in [-0.2, -0.15) is 0 Å². The second kappa shape index (κ2) is 6.08. The van der Waals surface area contributed by atoms with E-state index in [1.807, 2.05) is 32.0 Å². The van der Waals surface area contributed by atoms with Gasteiger partial charge in [0, 0.05) is 18.5 Å². The van der Waals surface area contributed by atoms with Crippen molar-refractivity contribution in [3.8, 4) is 0 Å². The Morgan fingerprint density at radius 3 is 2.74 bits per heavy atom. The minimum absolute atomic E-state index is 0.0795. The van der Waals surface area contributed by atoms with Gasteiger partial charge >= 0.3 is 0 Å². The van der Waals surface area contributed by atoms with Crippen molar-refractivity contribution in [3.63, 3.8) is 0 Å². The van der Waals surface area contributed by atoms with E-state index in [2.05, 4.69) is 20.8 Å². The molecule has 0 aliphatic carbocycles. The molecule has 1 heterocycles. The molecule has 6 nitrogen and oxygen atoms in total. The molecule has 1 N–H and O–H groups in total. The molecule has 0 saturated carbocycles. The van der Waals surface area contributed by atoms with E-state index < -0.39 is 0 Å². The maximum absolute atomic E-state index is 11.8. The van der Waals surface area contributed by atoms with E-state index in [1.54, 1.807) is 16.8 Å². The number of tetrazole rings is 1. The van der Waals surface area contributed by atoms with Crippen LogP contribution in [0.1, 0.15) is 36.1 Å². The first-order valence-corrected chi connectivity index (χ1v) is 6.28. The molecule has 19 heavy (non-hydrogen) atoms. The van der Waals surface area contributed by atoms with E-state index in [9.17, 15) is 4.79 Å². The van der Waals surface area contributed by atoms with Crippen LogP contribution in [-0.4, -0.2) is 32.7 Å². The first-order chi connectivity index (χ1) is 9.18. The largest absolute Gasteiger partial charge is 0.352 e. The zero-order valence-electron chi connectivity index (χ0n) is 11.1. The lowest BCUT2D eigenvalue weighted by molar-refractivity contribution is 0.0954. The van der Waals surface area contributed by atoms with Gasteiger partial charge in [-0.05, 0) is 36.4 Å². The molecule has 1 aromatic carbocycles. The Kier molecular flexibility index (Phi) is 4.22. The number of amides is 1. The van der Waals surface area contributed by atoms with Crippen LogP contribution in [0, 0.1) is 0 Å². The lowest BCUT2D eigenvalue weighted by Gasteiger charge is -2.08. The maximum atomic E-state index is 11.8. The van der Waals surface area contributed by atoms with Crippen LogP contribution in [-0.2, 0) is 6.42 Å². The van der Waals surface area contributed by atoms with Crippen LogP contribution in [0.5, 0.6) is 0 Å². The third kappa shape index (κ3) is 3.37. The Labute approximate surface area is 111 Å². The molecule has 0 aliphatic heterocycles. The van der Waals surface area contributed by atoms with Crippen molar-refractivity contribution in [2.75, 3.05) is 6.54 Å². The van der Waals surface area contributed by atoms with E-state index in [-0.39, 0.29) is 11.9 Å². The highest BCUT2D eigenvalue weighted by molar-refractivity contribution is 5.94. The summed E-state index contributed by atoms with van der Waals surface area (Å²) in [7, 11) is 0. The van der Waals surface area contributed by atoms with Gasteiger partial charge < -0.3 is 5.32 Å². The summed E-state index contributed by atoms with van der Waals surface area (Å²) >= 11 is 0. The van der Waals surface area contributed by atoms with E-state index in [0.717, 1.165) is 5.82 Å². The molecule has 0 radical (unpaired) electrons. The van der Waals surface area contributed by atoms with Gasteiger partial charge in [-0.25, -0.2) is 4.68 Å². The normalized spacial score (nSPS) is 10.7. The molecule has 0 atom stereocenters. The lowest BCUT2D eigenvalue weighted by atomic mass is 10.2. The highest BCUT2D eigenvalue weighted by Crippen LogP contribution is 2.04. The number of hydrogen-bond acceptors (Lipinski definition) is 4. The quantitative estimate of drug-likeness (QED) is 0.876. The summed E-state index contributed by atoms with van der Waals surface area (Å²) in [5.41, 5.74) is 0.658. The van der Waals surface area contributed by atoms with E-state index in [1.165, 1.54) is 0 Å². The van der Waals surface area contributed by atoms with Crippen molar-refractivity contribution in [3.05, 3.63) is 41.7 Å². The summed E-state index contributed by atoms with van der Waals surface area (Å²) in [6, 6.07) is 9.35. The molecular formula is C13H17N5O. The smallest absolute Gasteiger partial charge is 0.251 e. The topological polar surface area (TPSA) is 72.7 Å². The first kappa shape index (κ1) is 13.2. The number of benzene rings is 1. The van der Waals surface area contributed by atoms with Crippen molar-refractivity contribution in [2.45, 2.75) is 26.3 Å². The van der Waals surface area contributed by atoms with E-state index in [0.29, 0.717) is 18.5 Å². The van der Waals surface area contributed by atoms with Crippen molar-refractivity contribution in [1.82, 2.24) is 25.5 Å². The molecule has 2 rings (SSSR count). The maximum Gasteiger partial charge on any atom is 0.251 e. The Balaban J connectivity index is 1.87. The molecule has 0 unspecified atom stereocenters. The monoisotopic (exact) mass is 259 g/mol. The number of aromatic nitrogens is 4. The molecule has 1 amide bonds. The van der Waals surface area contributed by atoms with Crippen molar-refractivity contribution in [2.24, 2.45) is 0 Å². The van der Waals surface area contributed by atoms with Gasteiger partial charge in [-0.3, -0.25) is 4.79 Å². The zero-order chi connectivity index (χ0) is 13.7. The van der Waals surface area contributed by atoms with Gasteiger partial charge in [0.2, 0.25) is 0 Å². The zero-order valence-corrected chi connectivity index (χ0v) is 11.1. The second-order valence-corrected chi connectivity index (χ2v) is 4.51. The summed E-state index contributed by atoms with van der Waals surface area (Å²) in [4.78, 5) is 11.8. The average Bonchev–Trinajstić information content (AvgIpc) is 2.88. The lowest BCUT2D eigenvalue weighted by Crippen LogP contribution is -2.26. The van der Waals surface area contributed by atoms with Gasteiger partial charge in [-0.1, -0.05) is 18.2 Å². The van der Waals surface area contributed by atoms with Gasteiger partial charge in [0.05, 0.1) is 6.04 Å². The SMILES string of the molecule is CC(C)n1nnnc1CCNC(=O)c1ccccc1.